The van der Waals surface area contributed by atoms with E-state index in [1.807, 2.05) is 34.9 Å². The first-order chi connectivity index (χ1) is 5.31. The first-order valence-corrected chi connectivity index (χ1v) is 4.53. The van der Waals surface area contributed by atoms with E-state index < -0.39 is 0 Å². The largest absolute Gasteiger partial charge is 0.297 e. The van der Waals surface area contributed by atoms with E-state index in [1.165, 1.54) is 0 Å². The highest BCUT2D eigenvalue weighted by molar-refractivity contribution is 5.95. The molecule has 0 radical (unpaired) electrons. The van der Waals surface area contributed by atoms with E-state index in [4.69, 9.17) is 0 Å². The minimum Gasteiger partial charge on any atom is -0.297 e. The van der Waals surface area contributed by atoms with E-state index >= 15 is 0 Å². The Morgan fingerprint density at radius 2 is 1.67 bits per heavy atom. The molecule has 2 nitrogen and oxygen atoms in total. The topological polar surface area (TPSA) is 20.3 Å². The van der Waals surface area contributed by atoms with E-state index in [2.05, 4.69) is 4.90 Å². The number of carbonyl (C=O) groups excluding carboxylic acids is 1. The first kappa shape index (κ1) is 9.72. The molecule has 0 heterocycles. The molecule has 0 unspecified atom stereocenters. The third-order valence-corrected chi connectivity index (χ3v) is 2.68. The lowest BCUT2D eigenvalue weighted by Crippen LogP contribution is -2.44. The number of Topliss-reactive ketones (excluding diaryl/α,β-unsaturated/α-hetero) is 1. The molecule has 1 aliphatic rings. The zero-order chi connectivity index (χ0) is 9.57. The Balaban J connectivity index is 2.78. The van der Waals surface area contributed by atoms with Gasteiger partial charge in [-0.15, -0.1) is 0 Å². The molecule has 0 atom stereocenters. The maximum Gasteiger partial charge on any atom is 0.158 e. The van der Waals surface area contributed by atoms with Crippen molar-refractivity contribution in [2.45, 2.75) is 39.2 Å². The fourth-order valence-electron chi connectivity index (χ4n) is 1.69. The van der Waals surface area contributed by atoms with Gasteiger partial charge in [-0.2, -0.15) is 0 Å². The van der Waals surface area contributed by atoms with Crippen molar-refractivity contribution in [3.8, 4) is 0 Å². The summed E-state index contributed by atoms with van der Waals surface area (Å²) in [6, 6.07) is 0. The Kier molecular flexibility index (Phi) is 2.07. The zero-order valence-electron chi connectivity index (χ0n) is 8.77. The molecule has 0 aliphatic heterocycles. The molecule has 1 aliphatic carbocycles. The number of ketones is 1. The van der Waals surface area contributed by atoms with Crippen molar-refractivity contribution in [3.05, 3.63) is 0 Å². The second-order valence-corrected chi connectivity index (χ2v) is 5.01. The van der Waals surface area contributed by atoms with Crippen LogP contribution in [0.1, 0.15) is 33.6 Å². The smallest absolute Gasteiger partial charge is 0.158 e. The molecule has 0 N–H and O–H groups in total. The maximum atomic E-state index is 11.9. The average molecular weight is 169 g/mol. The quantitative estimate of drug-likeness (QED) is 0.627. The van der Waals surface area contributed by atoms with Crippen LogP contribution in [-0.4, -0.2) is 30.3 Å². The molecule has 0 saturated heterocycles. The molecule has 12 heavy (non-hydrogen) atoms. The van der Waals surface area contributed by atoms with Crippen molar-refractivity contribution in [2.24, 2.45) is 5.41 Å². The molecule has 2 heteroatoms. The summed E-state index contributed by atoms with van der Waals surface area (Å²) in [6.45, 7) is 6.00. The van der Waals surface area contributed by atoms with Crippen LogP contribution in [0.25, 0.3) is 0 Å². The first-order valence-electron chi connectivity index (χ1n) is 4.53. The second kappa shape index (κ2) is 2.56. The van der Waals surface area contributed by atoms with Gasteiger partial charge in [-0.05, 0) is 26.9 Å². The van der Waals surface area contributed by atoms with Gasteiger partial charge in [0.1, 0.15) is 0 Å². The van der Waals surface area contributed by atoms with Crippen molar-refractivity contribution < 1.29 is 4.79 Å². The van der Waals surface area contributed by atoms with Gasteiger partial charge < -0.3 is 0 Å². The fraction of sp³-hybridized carbons (Fsp3) is 0.900. The lowest BCUT2D eigenvalue weighted by molar-refractivity contribution is -0.132. The second-order valence-electron chi connectivity index (χ2n) is 5.01. The normalized spacial score (nSPS) is 21.2. The zero-order valence-corrected chi connectivity index (χ0v) is 8.77. The van der Waals surface area contributed by atoms with Crippen LogP contribution in [0.5, 0.6) is 0 Å². The Morgan fingerprint density at radius 3 is 1.75 bits per heavy atom. The summed E-state index contributed by atoms with van der Waals surface area (Å²) in [5.41, 5.74) is -0.307. The number of hydrogen-bond donors (Lipinski definition) is 0. The number of rotatable bonds is 2. The number of carbonyl (C=O) groups is 1. The van der Waals surface area contributed by atoms with Gasteiger partial charge in [0, 0.05) is 5.41 Å². The van der Waals surface area contributed by atoms with Crippen molar-refractivity contribution in [3.63, 3.8) is 0 Å². The third kappa shape index (κ3) is 1.40. The predicted octanol–water partition coefficient (Wildman–Crippen LogP) is 1.70. The van der Waals surface area contributed by atoms with E-state index in [9.17, 15) is 4.79 Å². The van der Waals surface area contributed by atoms with E-state index in [0.29, 0.717) is 5.78 Å². The van der Waals surface area contributed by atoms with E-state index in [-0.39, 0.29) is 11.0 Å². The lowest BCUT2D eigenvalue weighted by Gasteiger charge is -2.29. The van der Waals surface area contributed by atoms with Crippen molar-refractivity contribution in [1.82, 2.24) is 4.90 Å². The molecule has 0 bridgehead atoms. The van der Waals surface area contributed by atoms with Gasteiger partial charge in [0.2, 0.25) is 0 Å². The highest BCUT2D eigenvalue weighted by atomic mass is 16.1. The highest BCUT2D eigenvalue weighted by Gasteiger charge is 2.54. The Bertz CT molecular complexity index is 196. The number of nitrogens with zero attached hydrogens (tertiary/aromatic N) is 1. The van der Waals surface area contributed by atoms with Gasteiger partial charge in [0.15, 0.2) is 5.78 Å². The summed E-state index contributed by atoms with van der Waals surface area (Å²) in [7, 11) is 3.99. The maximum absolute atomic E-state index is 11.9. The summed E-state index contributed by atoms with van der Waals surface area (Å²) in [6.07, 6.45) is 2.08. The molecular formula is C10H19NO. The van der Waals surface area contributed by atoms with Crippen LogP contribution in [-0.2, 0) is 4.79 Å². The highest BCUT2D eigenvalue weighted by Crippen LogP contribution is 2.45. The van der Waals surface area contributed by atoms with Gasteiger partial charge in [-0.3, -0.25) is 9.69 Å². The van der Waals surface area contributed by atoms with Gasteiger partial charge in [-0.25, -0.2) is 0 Å². The summed E-state index contributed by atoms with van der Waals surface area (Å²) >= 11 is 0. The van der Waals surface area contributed by atoms with Crippen molar-refractivity contribution >= 4 is 5.78 Å². The average Bonchev–Trinajstić information content (AvgIpc) is 2.62. The summed E-state index contributed by atoms with van der Waals surface area (Å²) in [4.78, 5) is 14.0. The Morgan fingerprint density at radius 1 is 1.25 bits per heavy atom. The minimum atomic E-state index is -0.194. The monoisotopic (exact) mass is 169 g/mol. The van der Waals surface area contributed by atoms with Crippen LogP contribution >= 0.6 is 0 Å². The van der Waals surface area contributed by atoms with Crippen LogP contribution in [0, 0.1) is 5.41 Å². The van der Waals surface area contributed by atoms with E-state index in [1.54, 1.807) is 0 Å². The summed E-state index contributed by atoms with van der Waals surface area (Å²) in [5.74, 6) is 0.389. The molecule has 1 saturated carbocycles. The third-order valence-electron chi connectivity index (χ3n) is 2.68. The molecule has 0 spiro atoms. The van der Waals surface area contributed by atoms with Crippen LogP contribution < -0.4 is 0 Å². The number of likely N-dealkylation sites (N-methyl/N-ethyl adjacent to an activating group) is 1. The Hall–Kier alpha value is -0.370. The van der Waals surface area contributed by atoms with Gasteiger partial charge in [0.05, 0.1) is 5.54 Å². The fourth-order valence-corrected chi connectivity index (χ4v) is 1.69. The molecule has 0 aromatic heterocycles. The minimum absolute atomic E-state index is 0.113. The SMILES string of the molecule is CN(C)C1(C(=O)C(C)(C)C)CC1. The standard InChI is InChI=1S/C10H19NO/c1-9(2,3)8(12)10(6-7-10)11(4)5/h6-7H2,1-5H3. The molecular weight excluding hydrogens is 150 g/mol. The molecule has 70 valence electrons. The van der Waals surface area contributed by atoms with Crippen LogP contribution in [0.4, 0.5) is 0 Å². The number of hydrogen-bond acceptors (Lipinski definition) is 2. The predicted molar refractivity (Wildman–Crippen MR) is 50.1 cm³/mol. The van der Waals surface area contributed by atoms with Crippen LogP contribution in [0.2, 0.25) is 0 Å². The summed E-state index contributed by atoms with van der Waals surface area (Å²) < 4.78 is 0. The van der Waals surface area contributed by atoms with Crippen molar-refractivity contribution in [1.29, 1.82) is 0 Å². The molecule has 0 amide bonds. The molecule has 0 aromatic rings. The van der Waals surface area contributed by atoms with Gasteiger partial charge >= 0.3 is 0 Å². The van der Waals surface area contributed by atoms with Crippen LogP contribution in [0.15, 0.2) is 0 Å². The molecule has 1 fully saturated rings. The van der Waals surface area contributed by atoms with Gasteiger partial charge in [-0.1, -0.05) is 20.8 Å². The van der Waals surface area contributed by atoms with Crippen LogP contribution in [0.3, 0.4) is 0 Å². The lowest BCUT2D eigenvalue weighted by atomic mass is 9.84. The van der Waals surface area contributed by atoms with Gasteiger partial charge in [0.25, 0.3) is 0 Å². The molecule has 0 aromatic carbocycles. The summed E-state index contributed by atoms with van der Waals surface area (Å²) in [5, 5.41) is 0. The van der Waals surface area contributed by atoms with E-state index in [0.717, 1.165) is 12.8 Å². The molecule has 1 rings (SSSR count). The Labute approximate surface area is 74.9 Å². The van der Waals surface area contributed by atoms with Crippen molar-refractivity contribution in [2.75, 3.05) is 14.1 Å².